The van der Waals surface area contributed by atoms with Gasteiger partial charge in [0.15, 0.2) is 0 Å². The molecule has 6 nitrogen and oxygen atoms in total. The largest absolute Gasteiger partial charge is 0.347 e. The molecule has 2 amide bonds. The van der Waals surface area contributed by atoms with Crippen LogP contribution < -0.4 is 0 Å². The summed E-state index contributed by atoms with van der Waals surface area (Å²) in [5.74, 6) is -0.0873. The van der Waals surface area contributed by atoms with Crippen LogP contribution in [-0.2, 0) is 22.6 Å². The lowest BCUT2D eigenvalue weighted by Crippen LogP contribution is -2.59. The third-order valence-electron chi connectivity index (χ3n) is 6.57. The SMILES string of the molecule is Cc1cc(C)n(CC(=O)N2CCCC2(Cc2ccccc2-c2ccccc2)C(=O)N(C)C)n1. The minimum absolute atomic E-state index is 0.0235. The maximum atomic E-state index is 13.7. The Bertz CT molecular complexity index is 1150. The van der Waals surface area contributed by atoms with Gasteiger partial charge in [-0.25, -0.2) is 0 Å². The number of carbonyl (C=O) groups excluding carboxylic acids is 2. The average Bonchev–Trinajstić information content (AvgIpc) is 3.37. The van der Waals surface area contributed by atoms with Crippen molar-refractivity contribution in [2.75, 3.05) is 20.6 Å². The molecule has 0 N–H and O–H groups in total. The zero-order chi connectivity index (χ0) is 23.6. The van der Waals surface area contributed by atoms with E-state index >= 15 is 0 Å². The van der Waals surface area contributed by atoms with Crippen molar-refractivity contribution >= 4 is 11.8 Å². The molecule has 0 saturated carbocycles. The van der Waals surface area contributed by atoms with Gasteiger partial charge in [0, 0.05) is 32.8 Å². The molecule has 4 rings (SSSR count). The van der Waals surface area contributed by atoms with E-state index in [2.05, 4.69) is 29.4 Å². The minimum atomic E-state index is -0.901. The molecule has 6 heteroatoms. The van der Waals surface area contributed by atoms with Gasteiger partial charge in [-0.3, -0.25) is 14.3 Å². The number of rotatable bonds is 6. The molecule has 3 aromatic rings. The van der Waals surface area contributed by atoms with E-state index in [1.54, 1.807) is 23.7 Å². The first kappa shape index (κ1) is 22.8. The second-order valence-corrected chi connectivity index (χ2v) is 9.16. The van der Waals surface area contributed by atoms with Crippen LogP contribution in [0.5, 0.6) is 0 Å². The molecule has 1 fully saturated rings. The highest BCUT2D eigenvalue weighted by molar-refractivity contribution is 5.92. The van der Waals surface area contributed by atoms with E-state index in [0.717, 1.165) is 34.5 Å². The topological polar surface area (TPSA) is 58.4 Å². The average molecular weight is 445 g/mol. The van der Waals surface area contributed by atoms with Crippen LogP contribution in [0.3, 0.4) is 0 Å². The molecule has 0 aliphatic carbocycles. The zero-order valence-electron chi connectivity index (χ0n) is 19.9. The number of aryl methyl sites for hydroxylation is 2. The molecule has 1 unspecified atom stereocenters. The Labute approximate surface area is 195 Å². The molecule has 172 valence electrons. The summed E-state index contributed by atoms with van der Waals surface area (Å²) in [6.45, 7) is 4.59. The van der Waals surface area contributed by atoms with Gasteiger partial charge in [0.2, 0.25) is 11.8 Å². The van der Waals surface area contributed by atoms with Crippen molar-refractivity contribution in [3.8, 4) is 11.1 Å². The standard InChI is InChI=1S/C27H32N4O2/c1-20-17-21(2)31(28-20)19-25(32)30-16-10-15-27(30,26(33)29(3)4)18-23-13-8-9-14-24(23)22-11-6-5-7-12-22/h5-9,11-14,17H,10,15-16,18-19H2,1-4H3. The van der Waals surface area contributed by atoms with Crippen molar-refractivity contribution in [1.29, 1.82) is 0 Å². The Kier molecular flexibility index (Phi) is 6.36. The molecule has 0 spiro atoms. The van der Waals surface area contributed by atoms with Crippen molar-refractivity contribution in [1.82, 2.24) is 19.6 Å². The molecule has 1 atom stereocenters. The summed E-state index contributed by atoms with van der Waals surface area (Å²) in [7, 11) is 3.55. The summed E-state index contributed by atoms with van der Waals surface area (Å²) in [4.78, 5) is 30.7. The smallest absolute Gasteiger partial charge is 0.248 e. The van der Waals surface area contributed by atoms with Crippen LogP contribution in [0.25, 0.3) is 11.1 Å². The Morgan fingerprint density at radius 1 is 1.03 bits per heavy atom. The molecule has 0 bridgehead atoms. The number of carbonyl (C=O) groups is 2. The van der Waals surface area contributed by atoms with Gasteiger partial charge in [-0.1, -0.05) is 54.6 Å². The van der Waals surface area contributed by atoms with E-state index in [1.807, 2.05) is 55.1 Å². The van der Waals surface area contributed by atoms with Crippen LogP contribution in [0.4, 0.5) is 0 Å². The van der Waals surface area contributed by atoms with Gasteiger partial charge in [-0.05, 0) is 49.4 Å². The lowest BCUT2D eigenvalue weighted by atomic mass is 9.83. The van der Waals surface area contributed by atoms with Crippen LogP contribution in [0.1, 0.15) is 29.8 Å². The Morgan fingerprint density at radius 3 is 2.39 bits per heavy atom. The molecule has 1 aliphatic heterocycles. The highest BCUT2D eigenvalue weighted by Crippen LogP contribution is 2.37. The van der Waals surface area contributed by atoms with Gasteiger partial charge < -0.3 is 9.80 Å². The van der Waals surface area contributed by atoms with Crippen LogP contribution >= 0.6 is 0 Å². The van der Waals surface area contributed by atoms with Gasteiger partial charge in [-0.2, -0.15) is 5.10 Å². The van der Waals surface area contributed by atoms with Gasteiger partial charge in [0.05, 0.1) is 5.69 Å². The first-order chi connectivity index (χ1) is 15.8. The maximum absolute atomic E-state index is 13.7. The second kappa shape index (κ2) is 9.22. The second-order valence-electron chi connectivity index (χ2n) is 9.16. The quantitative estimate of drug-likeness (QED) is 0.580. The summed E-state index contributed by atoms with van der Waals surface area (Å²) < 4.78 is 1.73. The number of nitrogens with zero attached hydrogens (tertiary/aromatic N) is 4. The highest BCUT2D eigenvalue weighted by Gasteiger charge is 2.50. The van der Waals surface area contributed by atoms with E-state index in [9.17, 15) is 9.59 Å². The predicted molar refractivity (Wildman–Crippen MR) is 130 cm³/mol. The molecule has 1 aromatic heterocycles. The monoisotopic (exact) mass is 444 g/mol. The van der Waals surface area contributed by atoms with Crippen LogP contribution in [0.15, 0.2) is 60.7 Å². The number of hydrogen-bond acceptors (Lipinski definition) is 3. The van der Waals surface area contributed by atoms with Crippen LogP contribution in [0.2, 0.25) is 0 Å². The number of likely N-dealkylation sites (N-methyl/N-ethyl adjacent to an activating group) is 1. The number of aromatic nitrogens is 2. The summed E-state index contributed by atoms with van der Waals surface area (Å²) in [6.07, 6.45) is 1.93. The van der Waals surface area contributed by atoms with Gasteiger partial charge in [-0.15, -0.1) is 0 Å². The lowest BCUT2D eigenvalue weighted by Gasteiger charge is -2.39. The summed E-state index contributed by atoms with van der Waals surface area (Å²) >= 11 is 0. The van der Waals surface area contributed by atoms with E-state index < -0.39 is 5.54 Å². The highest BCUT2D eigenvalue weighted by atomic mass is 16.2. The summed E-state index contributed by atoms with van der Waals surface area (Å²) in [5.41, 5.74) is 4.21. The van der Waals surface area contributed by atoms with Crippen LogP contribution in [-0.4, -0.2) is 57.6 Å². The molecule has 1 aliphatic rings. The van der Waals surface area contributed by atoms with Gasteiger partial charge in [0.1, 0.15) is 12.1 Å². The zero-order valence-corrected chi connectivity index (χ0v) is 19.9. The van der Waals surface area contributed by atoms with Gasteiger partial charge in [0.25, 0.3) is 0 Å². The Hall–Kier alpha value is -3.41. The van der Waals surface area contributed by atoms with E-state index in [-0.39, 0.29) is 18.4 Å². The minimum Gasteiger partial charge on any atom is -0.347 e. The number of benzene rings is 2. The van der Waals surface area contributed by atoms with Crippen molar-refractivity contribution in [2.45, 2.75) is 45.2 Å². The molecule has 1 saturated heterocycles. The third kappa shape index (κ3) is 4.42. The lowest BCUT2D eigenvalue weighted by molar-refractivity contribution is -0.150. The molecule has 2 heterocycles. The fraction of sp³-hybridized carbons (Fsp3) is 0.370. The third-order valence-corrected chi connectivity index (χ3v) is 6.57. The summed E-state index contributed by atoms with van der Waals surface area (Å²) in [6, 6.07) is 20.4. The molecule has 2 aromatic carbocycles. The predicted octanol–water partition coefficient (Wildman–Crippen LogP) is 3.86. The first-order valence-electron chi connectivity index (χ1n) is 11.5. The molecule has 33 heavy (non-hydrogen) atoms. The van der Waals surface area contributed by atoms with Crippen LogP contribution in [0, 0.1) is 13.8 Å². The van der Waals surface area contributed by atoms with Gasteiger partial charge >= 0.3 is 0 Å². The summed E-state index contributed by atoms with van der Waals surface area (Å²) in [5, 5.41) is 4.46. The first-order valence-corrected chi connectivity index (χ1v) is 11.5. The Morgan fingerprint density at radius 2 is 1.73 bits per heavy atom. The number of amides is 2. The van der Waals surface area contributed by atoms with Crippen molar-refractivity contribution < 1.29 is 9.59 Å². The van der Waals surface area contributed by atoms with E-state index in [1.165, 1.54) is 0 Å². The number of likely N-dealkylation sites (tertiary alicyclic amines) is 1. The van der Waals surface area contributed by atoms with E-state index in [4.69, 9.17) is 0 Å². The van der Waals surface area contributed by atoms with Crippen molar-refractivity contribution in [3.05, 3.63) is 77.6 Å². The van der Waals surface area contributed by atoms with E-state index in [0.29, 0.717) is 19.4 Å². The molecule has 0 radical (unpaired) electrons. The Balaban J connectivity index is 1.72. The fourth-order valence-corrected chi connectivity index (χ4v) is 5.08. The fourth-order valence-electron chi connectivity index (χ4n) is 5.08. The molecular weight excluding hydrogens is 412 g/mol. The number of hydrogen-bond donors (Lipinski definition) is 0. The normalized spacial score (nSPS) is 17.9. The maximum Gasteiger partial charge on any atom is 0.248 e. The van der Waals surface area contributed by atoms with Crippen molar-refractivity contribution in [3.63, 3.8) is 0 Å². The molecular formula is C27H32N4O2. The van der Waals surface area contributed by atoms with Crippen molar-refractivity contribution in [2.24, 2.45) is 0 Å².